The van der Waals surface area contributed by atoms with E-state index >= 15 is 0 Å². The minimum absolute atomic E-state index is 0.637. The Kier molecular flexibility index (Phi) is 3.54. The molecule has 1 fully saturated rings. The molecule has 82 valence electrons. The quantitative estimate of drug-likeness (QED) is 0.821. The van der Waals surface area contributed by atoms with Crippen LogP contribution in [0.15, 0.2) is 12.4 Å². The molecule has 1 N–H and O–H groups in total. The van der Waals surface area contributed by atoms with Crippen molar-refractivity contribution in [2.75, 3.05) is 11.9 Å². The molecule has 15 heavy (non-hydrogen) atoms. The van der Waals surface area contributed by atoms with E-state index in [1.165, 1.54) is 31.4 Å². The molecule has 3 heteroatoms. The number of anilines is 1. The molecule has 0 amide bonds. The molecule has 1 aliphatic carbocycles. The number of hydrogen-bond acceptors (Lipinski definition) is 3. The molecular formula is C12H19N3. The van der Waals surface area contributed by atoms with Gasteiger partial charge in [0.25, 0.3) is 0 Å². The Bertz CT molecular complexity index is 305. The molecule has 0 saturated heterocycles. The van der Waals surface area contributed by atoms with E-state index in [0.29, 0.717) is 5.92 Å². The fourth-order valence-corrected chi connectivity index (χ4v) is 2.23. The topological polar surface area (TPSA) is 37.8 Å². The molecule has 0 bridgehead atoms. The minimum atomic E-state index is 0.637. The normalized spacial score (nSPS) is 16.9. The van der Waals surface area contributed by atoms with E-state index in [2.05, 4.69) is 22.2 Å². The molecular weight excluding hydrogens is 186 g/mol. The summed E-state index contributed by atoms with van der Waals surface area (Å²) >= 11 is 0. The van der Waals surface area contributed by atoms with E-state index in [9.17, 15) is 0 Å². The molecule has 1 aromatic heterocycles. The van der Waals surface area contributed by atoms with E-state index < -0.39 is 0 Å². The maximum atomic E-state index is 4.49. The smallest absolute Gasteiger partial charge is 0.148 e. The molecule has 0 atom stereocenters. The molecule has 3 nitrogen and oxygen atoms in total. The van der Waals surface area contributed by atoms with Gasteiger partial charge in [0.1, 0.15) is 5.82 Å². The summed E-state index contributed by atoms with van der Waals surface area (Å²) in [7, 11) is 0. The summed E-state index contributed by atoms with van der Waals surface area (Å²) in [6.07, 6.45) is 9.95. The molecule has 2 rings (SSSR count). The molecule has 1 aliphatic rings. The Labute approximate surface area is 91.3 Å². The lowest BCUT2D eigenvalue weighted by molar-refractivity contribution is 0.693. The van der Waals surface area contributed by atoms with Crippen LogP contribution in [0.2, 0.25) is 0 Å². The summed E-state index contributed by atoms with van der Waals surface area (Å²) in [6, 6.07) is 0. The summed E-state index contributed by atoms with van der Waals surface area (Å²) in [5.74, 6) is 1.64. The first-order valence-corrected chi connectivity index (χ1v) is 5.96. The van der Waals surface area contributed by atoms with Crippen LogP contribution in [0.4, 0.5) is 5.82 Å². The zero-order valence-electron chi connectivity index (χ0n) is 9.37. The molecule has 0 radical (unpaired) electrons. The summed E-state index contributed by atoms with van der Waals surface area (Å²) < 4.78 is 0. The zero-order chi connectivity index (χ0) is 10.5. The summed E-state index contributed by atoms with van der Waals surface area (Å²) in [6.45, 7) is 3.15. The largest absolute Gasteiger partial charge is 0.369 e. The minimum Gasteiger partial charge on any atom is -0.369 e. The first kappa shape index (κ1) is 10.4. The van der Waals surface area contributed by atoms with Crippen LogP contribution in [-0.2, 0) is 0 Å². The third-order valence-corrected chi connectivity index (χ3v) is 3.01. The van der Waals surface area contributed by atoms with Gasteiger partial charge in [-0.2, -0.15) is 0 Å². The molecule has 1 saturated carbocycles. The monoisotopic (exact) mass is 205 g/mol. The van der Waals surface area contributed by atoms with Gasteiger partial charge in [0.15, 0.2) is 0 Å². The predicted octanol–water partition coefficient (Wildman–Crippen LogP) is 2.96. The van der Waals surface area contributed by atoms with Gasteiger partial charge in [-0.05, 0) is 19.3 Å². The lowest BCUT2D eigenvalue weighted by atomic mass is 10.0. The highest BCUT2D eigenvalue weighted by molar-refractivity contribution is 5.41. The van der Waals surface area contributed by atoms with Crippen molar-refractivity contribution in [3.05, 3.63) is 18.1 Å². The Balaban J connectivity index is 2.13. The molecule has 0 aliphatic heterocycles. The van der Waals surface area contributed by atoms with Crippen LogP contribution in [-0.4, -0.2) is 16.5 Å². The van der Waals surface area contributed by atoms with Crippen LogP contribution >= 0.6 is 0 Å². The number of nitrogens with zero attached hydrogens (tertiary/aromatic N) is 2. The number of aromatic nitrogens is 2. The van der Waals surface area contributed by atoms with Crippen molar-refractivity contribution < 1.29 is 0 Å². The third kappa shape index (κ3) is 2.46. The van der Waals surface area contributed by atoms with Crippen LogP contribution in [0.1, 0.15) is 50.6 Å². The van der Waals surface area contributed by atoms with Gasteiger partial charge in [-0.15, -0.1) is 0 Å². The van der Waals surface area contributed by atoms with Crippen molar-refractivity contribution in [2.24, 2.45) is 0 Å². The highest BCUT2D eigenvalue weighted by atomic mass is 15.0. The van der Waals surface area contributed by atoms with Gasteiger partial charge < -0.3 is 5.32 Å². The van der Waals surface area contributed by atoms with Gasteiger partial charge in [-0.3, -0.25) is 4.98 Å². The van der Waals surface area contributed by atoms with Crippen LogP contribution in [0.5, 0.6) is 0 Å². The third-order valence-electron chi connectivity index (χ3n) is 3.01. The van der Waals surface area contributed by atoms with Crippen molar-refractivity contribution in [2.45, 2.75) is 44.9 Å². The molecule has 0 spiro atoms. The maximum absolute atomic E-state index is 4.49. The van der Waals surface area contributed by atoms with E-state index in [1.807, 2.05) is 6.20 Å². The van der Waals surface area contributed by atoms with Gasteiger partial charge >= 0.3 is 0 Å². The Morgan fingerprint density at radius 2 is 2.00 bits per heavy atom. The van der Waals surface area contributed by atoms with Crippen LogP contribution in [0.25, 0.3) is 0 Å². The second kappa shape index (κ2) is 5.10. The fraction of sp³-hybridized carbons (Fsp3) is 0.667. The lowest BCUT2D eigenvalue weighted by Gasteiger charge is -2.13. The van der Waals surface area contributed by atoms with Crippen molar-refractivity contribution in [3.63, 3.8) is 0 Å². The number of hydrogen-bond donors (Lipinski definition) is 1. The maximum Gasteiger partial charge on any atom is 0.148 e. The van der Waals surface area contributed by atoms with Crippen LogP contribution < -0.4 is 5.32 Å². The van der Waals surface area contributed by atoms with Gasteiger partial charge in [0.05, 0.1) is 5.69 Å². The lowest BCUT2D eigenvalue weighted by Crippen LogP contribution is -2.08. The number of nitrogens with one attached hydrogen (secondary N) is 1. The number of rotatable bonds is 4. The summed E-state index contributed by atoms with van der Waals surface area (Å²) in [4.78, 5) is 8.88. The van der Waals surface area contributed by atoms with Crippen molar-refractivity contribution in [1.82, 2.24) is 9.97 Å². The van der Waals surface area contributed by atoms with Gasteiger partial charge in [-0.1, -0.05) is 19.8 Å². The first-order chi connectivity index (χ1) is 7.42. The van der Waals surface area contributed by atoms with E-state index in [-0.39, 0.29) is 0 Å². The second-order valence-corrected chi connectivity index (χ2v) is 4.20. The van der Waals surface area contributed by atoms with Gasteiger partial charge in [0, 0.05) is 24.9 Å². The van der Waals surface area contributed by atoms with E-state index in [0.717, 1.165) is 18.8 Å². The molecule has 0 aromatic carbocycles. The highest BCUT2D eigenvalue weighted by Crippen LogP contribution is 2.35. The van der Waals surface area contributed by atoms with Gasteiger partial charge in [-0.25, -0.2) is 4.98 Å². The average molecular weight is 205 g/mol. The summed E-state index contributed by atoms with van der Waals surface area (Å²) in [5, 5.41) is 3.37. The molecule has 0 unspecified atom stereocenters. The van der Waals surface area contributed by atoms with Crippen molar-refractivity contribution >= 4 is 5.82 Å². The standard InChI is InChI=1S/C12H19N3/c1-2-7-14-12-11(13-8-9-15-12)10-5-3-4-6-10/h8-10H,2-7H2,1H3,(H,14,15). The van der Waals surface area contributed by atoms with E-state index in [4.69, 9.17) is 0 Å². The predicted molar refractivity (Wildman–Crippen MR) is 62.0 cm³/mol. The van der Waals surface area contributed by atoms with Crippen molar-refractivity contribution in [3.8, 4) is 0 Å². The van der Waals surface area contributed by atoms with Crippen LogP contribution in [0, 0.1) is 0 Å². The van der Waals surface area contributed by atoms with Gasteiger partial charge in [0.2, 0.25) is 0 Å². The Hall–Kier alpha value is -1.12. The SMILES string of the molecule is CCCNc1nccnc1C1CCCC1. The fourth-order valence-electron chi connectivity index (χ4n) is 2.23. The molecule has 1 aromatic rings. The first-order valence-electron chi connectivity index (χ1n) is 5.96. The summed E-state index contributed by atoms with van der Waals surface area (Å²) in [5.41, 5.74) is 1.18. The highest BCUT2D eigenvalue weighted by Gasteiger charge is 2.21. The second-order valence-electron chi connectivity index (χ2n) is 4.20. The Morgan fingerprint density at radius 1 is 1.27 bits per heavy atom. The van der Waals surface area contributed by atoms with Crippen LogP contribution in [0.3, 0.4) is 0 Å². The zero-order valence-corrected chi connectivity index (χ0v) is 9.37. The van der Waals surface area contributed by atoms with E-state index in [1.54, 1.807) is 6.20 Å². The molecule has 1 heterocycles. The Morgan fingerprint density at radius 3 is 2.73 bits per heavy atom. The average Bonchev–Trinajstić information content (AvgIpc) is 2.80. The van der Waals surface area contributed by atoms with Crippen molar-refractivity contribution in [1.29, 1.82) is 0 Å².